The molecule has 3 aromatic rings. The van der Waals surface area contributed by atoms with E-state index >= 15 is 0 Å². The number of anilines is 1. The van der Waals surface area contributed by atoms with E-state index in [0.717, 1.165) is 53.7 Å². The lowest BCUT2D eigenvalue weighted by Crippen LogP contribution is -2.46. The highest BCUT2D eigenvalue weighted by atomic mass is 32.2. The third-order valence-electron chi connectivity index (χ3n) is 6.26. The first-order valence-corrected chi connectivity index (χ1v) is 11.9. The smallest absolute Gasteiger partial charge is 0.249 e. The molecule has 0 saturated carbocycles. The number of thioether (sulfide) groups is 1. The number of aryl methyl sites for hydroxylation is 1. The molecule has 0 radical (unpaired) electrons. The number of carbonyl (C=O) groups excluding carboxylic acids is 1. The van der Waals surface area contributed by atoms with Gasteiger partial charge in [-0.15, -0.1) is 11.8 Å². The molecule has 1 atom stereocenters. The predicted molar refractivity (Wildman–Crippen MR) is 125 cm³/mol. The zero-order chi connectivity index (χ0) is 21.4. The SMILES string of the molecule is CC1CCN1c1nc2c(c(-c3ccc(C(N)=O)c(SCc4ccccc4)c3)n1)CCC2. The van der Waals surface area contributed by atoms with E-state index < -0.39 is 5.91 Å². The number of nitrogens with two attached hydrogens (primary N) is 1. The number of primary amides is 1. The minimum atomic E-state index is -0.398. The van der Waals surface area contributed by atoms with Crippen molar-refractivity contribution in [3.8, 4) is 11.3 Å². The first-order valence-electron chi connectivity index (χ1n) is 10.9. The molecule has 31 heavy (non-hydrogen) atoms. The molecular weight excluding hydrogens is 404 g/mol. The van der Waals surface area contributed by atoms with Crippen molar-refractivity contribution in [2.24, 2.45) is 5.73 Å². The first-order chi connectivity index (χ1) is 15.1. The van der Waals surface area contributed by atoms with Gasteiger partial charge in [-0.1, -0.05) is 36.4 Å². The normalized spacial score (nSPS) is 17.3. The summed E-state index contributed by atoms with van der Waals surface area (Å²) in [5.41, 5.74) is 11.9. The van der Waals surface area contributed by atoms with Crippen LogP contribution in [0.15, 0.2) is 53.4 Å². The second-order valence-electron chi connectivity index (χ2n) is 8.33. The van der Waals surface area contributed by atoms with Crippen molar-refractivity contribution in [3.63, 3.8) is 0 Å². The van der Waals surface area contributed by atoms with Crippen LogP contribution < -0.4 is 10.6 Å². The number of hydrogen-bond donors (Lipinski definition) is 1. The number of benzene rings is 2. The molecule has 5 rings (SSSR count). The summed E-state index contributed by atoms with van der Waals surface area (Å²) >= 11 is 1.64. The Balaban J connectivity index is 1.53. The van der Waals surface area contributed by atoms with Crippen LogP contribution in [0.2, 0.25) is 0 Å². The summed E-state index contributed by atoms with van der Waals surface area (Å²) in [6, 6.07) is 16.7. The zero-order valence-electron chi connectivity index (χ0n) is 17.7. The van der Waals surface area contributed by atoms with E-state index in [1.54, 1.807) is 11.8 Å². The standard InChI is InChI=1S/C25H26N4OS/c1-16-12-13-29(16)25-27-21-9-5-8-19(21)23(28-25)18-10-11-20(24(26)30)22(14-18)31-15-17-6-3-2-4-7-17/h2-4,6-7,10-11,14,16H,5,8-9,12-13,15H2,1H3,(H2,26,30). The average molecular weight is 431 g/mol. The Labute approximate surface area is 187 Å². The van der Waals surface area contributed by atoms with E-state index in [-0.39, 0.29) is 0 Å². The minimum absolute atomic E-state index is 0.398. The maximum atomic E-state index is 12.1. The fraction of sp³-hybridized carbons (Fsp3) is 0.320. The third-order valence-corrected chi connectivity index (χ3v) is 7.38. The molecule has 2 heterocycles. The number of nitrogens with zero attached hydrogens (tertiary/aromatic N) is 3. The highest BCUT2D eigenvalue weighted by Crippen LogP contribution is 2.36. The van der Waals surface area contributed by atoms with E-state index in [1.807, 2.05) is 30.3 Å². The third kappa shape index (κ3) is 3.92. The van der Waals surface area contributed by atoms with Crippen LogP contribution in [0.25, 0.3) is 11.3 Å². The zero-order valence-corrected chi connectivity index (χ0v) is 18.5. The van der Waals surface area contributed by atoms with E-state index in [4.69, 9.17) is 15.7 Å². The van der Waals surface area contributed by atoms with Crippen LogP contribution in [-0.4, -0.2) is 28.5 Å². The molecule has 1 aromatic heterocycles. The molecule has 0 bridgehead atoms. The molecule has 2 N–H and O–H groups in total. The minimum Gasteiger partial charge on any atom is -0.366 e. The van der Waals surface area contributed by atoms with Crippen LogP contribution in [0.5, 0.6) is 0 Å². The molecule has 5 nitrogen and oxygen atoms in total. The number of amides is 1. The fourth-order valence-electron chi connectivity index (χ4n) is 4.33. The summed E-state index contributed by atoms with van der Waals surface area (Å²) in [6.45, 7) is 3.23. The lowest BCUT2D eigenvalue weighted by molar-refractivity contribution is 0.0997. The lowest BCUT2D eigenvalue weighted by atomic mass is 10.0. The van der Waals surface area contributed by atoms with Crippen LogP contribution in [0.1, 0.15) is 46.9 Å². The van der Waals surface area contributed by atoms with Gasteiger partial charge in [-0.05, 0) is 50.3 Å². The Morgan fingerprint density at radius 2 is 2.00 bits per heavy atom. The molecule has 1 aliphatic carbocycles. The molecule has 2 aliphatic rings. The quantitative estimate of drug-likeness (QED) is 0.578. The van der Waals surface area contributed by atoms with Crippen molar-refractivity contribution in [3.05, 3.63) is 70.9 Å². The summed E-state index contributed by atoms with van der Waals surface area (Å²) in [6.07, 6.45) is 4.31. The highest BCUT2D eigenvalue weighted by Gasteiger charge is 2.29. The van der Waals surface area contributed by atoms with E-state index in [0.29, 0.717) is 11.6 Å². The Kier molecular flexibility index (Phi) is 5.40. The van der Waals surface area contributed by atoms with Gasteiger partial charge >= 0.3 is 0 Å². The number of aromatic nitrogens is 2. The number of fused-ring (bicyclic) bond motifs is 1. The molecule has 1 aliphatic heterocycles. The summed E-state index contributed by atoms with van der Waals surface area (Å²) in [5.74, 6) is 1.22. The van der Waals surface area contributed by atoms with Gasteiger partial charge in [-0.25, -0.2) is 9.97 Å². The lowest BCUT2D eigenvalue weighted by Gasteiger charge is -2.39. The second-order valence-corrected chi connectivity index (χ2v) is 9.35. The van der Waals surface area contributed by atoms with Crippen molar-refractivity contribution >= 4 is 23.6 Å². The van der Waals surface area contributed by atoms with Crippen LogP contribution in [-0.2, 0) is 18.6 Å². The van der Waals surface area contributed by atoms with Gasteiger partial charge in [0.15, 0.2) is 0 Å². The van der Waals surface area contributed by atoms with Gasteiger partial charge in [0.25, 0.3) is 0 Å². The van der Waals surface area contributed by atoms with Gasteiger partial charge in [0.2, 0.25) is 11.9 Å². The van der Waals surface area contributed by atoms with Gasteiger partial charge in [-0.2, -0.15) is 0 Å². The molecule has 1 unspecified atom stereocenters. The summed E-state index contributed by atoms with van der Waals surface area (Å²) in [4.78, 5) is 25.2. The van der Waals surface area contributed by atoms with Crippen molar-refractivity contribution in [1.29, 1.82) is 0 Å². The molecule has 1 amide bonds. The number of carbonyl (C=O) groups is 1. The second kappa shape index (κ2) is 8.35. The van der Waals surface area contributed by atoms with Crippen LogP contribution in [0.3, 0.4) is 0 Å². The van der Waals surface area contributed by atoms with Gasteiger partial charge in [0.1, 0.15) is 0 Å². The average Bonchev–Trinajstić information content (AvgIpc) is 3.25. The van der Waals surface area contributed by atoms with E-state index in [9.17, 15) is 4.79 Å². The largest absolute Gasteiger partial charge is 0.366 e. The maximum Gasteiger partial charge on any atom is 0.249 e. The van der Waals surface area contributed by atoms with Crippen molar-refractivity contribution in [1.82, 2.24) is 9.97 Å². The molecule has 158 valence electrons. The Morgan fingerprint density at radius 1 is 1.16 bits per heavy atom. The van der Waals surface area contributed by atoms with Crippen LogP contribution in [0, 0.1) is 0 Å². The molecule has 1 fully saturated rings. The van der Waals surface area contributed by atoms with Gasteiger partial charge in [-0.3, -0.25) is 4.79 Å². The van der Waals surface area contributed by atoms with Gasteiger partial charge < -0.3 is 10.6 Å². The number of rotatable bonds is 6. The van der Waals surface area contributed by atoms with E-state index in [1.165, 1.54) is 23.2 Å². The van der Waals surface area contributed by atoms with Crippen LogP contribution >= 0.6 is 11.8 Å². The van der Waals surface area contributed by atoms with Crippen molar-refractivity contribution in [2.45, 2.75) is 49.3 Å². The Bertz CT molecular complexity index is 1130. The predicted octanol–water partition coefficient (Wildman–Crippen LogP) is 4.62. The highest BCUT2D eigenvalue weighted by molar-refractivity contribution is 7.98. The van der Waals surface area contributed by atoms with Crippen LogP contribution in [0.4, 0.5) is 5.95 Å². The molecule has 0 spiro atoms. The van der Waals surface area contributed by atoms with Crippen molar-refractivity contribution in [2.75, 3.05) is 11.4 Å². The summed E-state index contributed by atoms with van der Waals surface area (Å²) in [5, 5.41) is 0. The monoisotopic (exact) mass is 430 g/mol. The molecule has 2 aromatic carbocycles. The maximum absolute atomic E-state index is 12.1. The Morgan fingerprint density at radius 3 is 2.71 bits per heavy atom. The molecule has 1 saturated heterocycles. The Hall–Kier alpha value is -2.86. The topological polar surface area (TPSA) is 72.1 Å². The summed E-state index contributed by atoms with van der Waals surface area (Å²) in [7, 11) is 0. The first kappa shape index (κ1) is 20.1. The molecular formula is C25H26N4OS. The fourth-order valence-corrected chi connectivity index (χ4v) is 5.38. The molecule has 6 heteroatoms. The summed E-state index contributed by atoms with van der Waals surface area (Å²) < 4.78 is 0. The van der Waals surface area contributed by atoms with Gasteiger partial charge in [0, 0.05) is 40.1 Å². The number of hydrogen-bond acceptors (Lipinski definition) is 5. The van der Waals surface area contributed by atoms with Gasteiger partial charge in [0.05, 0.1) is 11.3 Å². The van der Waals surface area contributed by atoms with E-state index in [2.05, 4.69) is 30.0 Å². The van der Waals surface area contributed by atoms with Crippen molar-refractivity contribution < 1.29 is 4.79 Å².